The predicted molar refractivity (Wildman–Crippen MR) is 107 cm³/mol. The van der Waals surface area contributed by atoms with Crippen molar-refractivity contribution < 1.29 is 4.79 Å². The van der Waals surface area contributed by atoms with Gasteiger partial charge in [-0.2, -0.15) is 11.8 Å². The molecule has 1 atom stereocenters. The summed E-state index contributed by atoms with van der Waals surface area (Å²) >= 11 is 2.04. The van der Waals surface area contributed by atoms with E-state index in [0.717, 1.165) is 24.8 Å². The van der Waals surface area contributed by atoms with Gasteiger partial charge >= 0.3 is 0 Å². The van der Waals surface area contributed by atoms with Crippen molar-refractivity contribution in [2.75, 3.05) is 39.5 Å². The van der Waals surface area contributed by atoms with Crippen LogP contribution in [0, 0.1) is 5.92 Å². The first-order valence-electron chi connectivity index (χ1n) is 7.69. The first-order valence-corrected chi connectivity index (χ1v) is 8.73. The first kappa shape index (κ1) is 21.8. The highest BCUT2D eigenvalue weighted by Gasteiger charge is 2.25. The average Bonchev–Trinajstić information content (AvgIpc) is 2.42. The maximum Gasteiger partial charge on any atom is 0.243 e. The molecule has 0 aromatic rings. The summed E-state index contributed by atoms with van der Waals surface area (Å²) in [5.41, 5.74) is 0. The molecule has 0 bridgehead atoms. The Kier molecular flexibility index (Phi) is 10.5. The van der Waals surface area contributed by atoms with E-state index in [1.165, 1.54) is 0 Å². The molecule has 1 rings (SSSR count). The van der Waals surface area contributed by atoms with Crippen LogP contribution in [0.5, 0.6) is 0 Å². The number of carbonyl (C=O) groups excluding carboxylic acids is 1. The van der Waals surface area contributed by atoms with Crippen LogP contribution in [0.3, 0.4) is 0 Å². The Morgan fingerprint density at radius 1 is 1.36 bits per heavy atom. The largest absolute Gasteiger partial charge is 0.354 e. The molecule has 0 saturated carbocycles. The molecular formula is C15H31IN4OS. The molecule has 7 heteroatoms. The van der Waals surface area contributed by atoms with E-state index in [1.807, 2.05) is 11.8 Å². The second-order valence-corrected chi connectivity index (χ2v) is 7.67. The lowest BCUT2D eigenvalue weighted by atomic mass is 10.1. The van der Waals surface area contributed by atoms with Crippen LogP contribution in [-0.4, -0.2) is 72.4 Å². The summed E-state index contributed by atoms with van der Waals surface area (Å²) in [6.07, 6.45) is 0. The summed E-state index contributed by atoms with van der Waals surface area (Å²) in [7, 11) is 3.53. The average molecular weight is 442 g/mol. The number of hydrogen-bond donors (Lipinski definition) is 1. The second kappa shape index (κ2) is 10.6. The molecule has 1 unspecified atom stereocenters. The maximum absolute atomic E-state index is 11.8. The van der Waals surface area contributed by atoms with Crippen LogP contribution in [0.4, 0.5) is 0 Å². The highest BCUT2D eigenvalue weighted by molar-refractivity contribution is 14.0. The van der Waals surface area contributed by atoms with E-state index in [1.54, 1.807) is 19.0 Å². The van der Waals surface area contributed by atoms with Crippen LogP contribution in [0.25, 0.3) is 0 Å². The van der Waals surface area contributed by atoms with Gasteiger partial charge in [-0.1, -0.05) is 13.8 Å². The van der Waals surface area contributed by atoms with Gasteiger partial charge in [0.15, 0.2) is 5.96 Å². The molecule has 0 aromatic heterocycles. The Hall–Kier alpha value is -0.180. The standard InChI is InChI=1S/C15H30N4OS.HI/c1-11(2)13-10-19(7-8-21-13)15(17-12(3)4)16-9-14(20)18(5)6;/h11-13H,7-10H2,1-6H3,(H,16,17);1H. The molecule has 1 heterocycles. The fraction of sp³-hybridized carbons (Fsp3) is 0.867. The van der Waals surface area contributed by atoms with Crippen molar-refractivity contribution in [2.24, 2.45) is 10.9 Å². The minimum atomic E-state index is 0. The molecule has 0 aliphatic carbocycles. The fourth-order valence-corrected chi connectivity index (χ4v) is 3.35. The smallest absolute Gasteiger partial charge is 0.243 e. The van der Waals surface area contributed by atoms with Crippen LogP contribution < -0.4 is 5.32 Å². The van der Waals surface area contributed by atoms with Gasteiger partial charge in [-0.05, 0) is 19.8 Å². The van der Waals surface area contributed by atoms with Crippen LogP contribution in [0.1, 0.15) is 27.7 Å². The Balaban J connectivity index is 0.00000441. The Morgan fingerprint density at radius 3 is 2.50 bits per heavy atom. The lowest BCUT2D eigenvalue weighted by Gasteiger charge is -2.37. The third kappa shape index (κ3) is 7.39. The first-order chi connectivity index (χ1) is 9.81. The van der Waals surface area contributed by atoms with Crippen LogP contribution in [0.2, 0.25) is 0 Å². The monoisotopic (exact) mass is 442 g/mol. The zero-order chi connectivity index (χ0) is 16.0. The summed E-state index contributed by atoms with van der Waals surface area (Å²) < 4.78 is 0. The van der Waals surface area contributed by atoms with Gasteiger partial charge in [-0.25, -0.2) is 4.99 Å². The van der Waals surface area contributed by atoms with Gasteiger partial charge in [0.25, 0.3) is 0 Å². The second-order valence-electron chi connectivity index (χ2n) is 6.33. The third-order valence-electron chi connectivity index (χ3n) is 3.42. The van der Waals surface area contributed by atoms with Crippen molar-refractivity contribution in [1.29, 1.82) is 0 Å². The summed E-state index contributed by atoms with van der Waals surface area (Å²) in [5, 5.41) is 4.03. The molecular weight excluding hydrogens is 411 g/mol. The molecule has 0 spiro atoms. The zero-order valence-electron chi connectivity index (χ0n) is 14.6. The molecule has 1 amide bonds. The number of amides is 1. The highest BCUT2D eigenvalue weighted by atomic mass is 127. The van der Waals surface area contributed by atoms with E-state index in [9.17, 15) is 4.79 Å². The summed E-state index contributed by atoms with van der Waals surface area (Å²) in [6, 6.07) is 0.310. The highest BCUT2D eigenvalue weighted by Crippen LogP contribution is 2.24. The van der Waals surface area contributed by atoms with E-state index >= 15 is 0 Å². The number of nitrogens with zero attached hydrogens (tertiary/aromatic N) is 3. The molecule has 1 aliphatic rings. The Bertz CT molecular complexity index is 375. The van der Waals surface area contributed by atoms with Crippen LogP contribution >= 0.6 is 35.7 Å². The van der Waals surface area contributed by atoms with Crippen molar-refractivity contribution in [3.63, 3.8) is 0 Å². The number of halogens is 1. The van der Waals surface area contributed by atoms with Crippen molar-refractivity contribution in [1.82, 2.24) is 15.1 Å². The molecule has 0 aromatic carbocycles. The number of thioether (sulfide) groups is 1. The molecule has 1 N–H and O–H groups in total. The van der Waals surface area contributed by atoms with E-state index < -0.39 is 0 Å². The minimum absolute atomic E-state index is 0. The molecule has 130 valence electrons. The number of guanidine groups is 1. The number of nitrogens with one attached hydrogen (secondary N) is 1. The summed E-state index contributed by atoms with van der Waals surface area (Å²) in [6.45, 7) is 10.9. The summed E-state index contributed by atoms with van der Waals surface area (Å²) in [5.74, 6) is 2.67. The fourth-order valence-electron chi connectivity index (χ4n) is 2.05. The van der Waals surface area contributed by atoms with Crippen molar-refractivity contribution in [3.8, 4) is 0 Å². The quantitative estimate of drug-likeness (QED) is 0.412. The molecule has 1 saturated heterocycles. The number of carbonyl (C=O) groups is 1. The van der Waals surface area contributed by atoms with Gasteiger partial charge in [0.05, 0.1) is 0 Å². The lowest BCUT2D eigenvalue weighted by molar-refractivity contribution is -0.127. The maximum atomic E-state index is 11.8. The molecule has 1 aliphatic heterocycles. The number of hydrogen-bond acceptors (Lipinski definition) is 3. The molecule has 22 heavy (non-hydrogen) atoms. The van der Waals surface area contributed by atoms with Crippen LogP contribution in [-0.2, 0) is 4.79 Å². The molecule has 1 fully saturated rings. The van der Waals surface area contributed by atoms with E-state index in [-0.39, 0.29) is 36.4 Å². The molecule has 5 nitrogen and oxygen atoms in total. The van der Waals surface area contributed by atoms with Gasteiger partial charge in [0, 0.05) is 44.2 Å². The summed E-state index contributed by atoms with van der Waals surface area (Å²) in [4.78, 5) is 20.2. The zero-order valence-corrected chi connectivity index (χ0v) is 17.8. The van der Waals surface area contributed by atoms with Crippen molar-refractivity contribution in [3.05, 3.63) is 0 Å². The number of likely N-dealkylation sites (N-methyl/N-ethyl adjacent to an activating group) is 1. The lowest BCUT2D eigenvalue weighted by Crippen LogP contribution is -2.51. The minimum Gasteiger partial charge on any atom is -0.354 e. The number of aliphatic imine (C=N–C) groups is 1. The van der Waals surface area contributed by atoms with Crippen LogP contribution in [0.15, 0.2) is 4.99 Å². The van der Waals surface area contributed by atoms with Crippen molar-refractivity contribution >= 4 is 47.6 Å². The van der Waals surface area contributed by atoms with E-state index in [4.69, 9.17) is 0 Å². The van der Waals surface area contributed by atoms with Gasteiger partial charge in [-0.15, -0.1) is 24.0 Å². The predicted octanol–water partition coefficient (Wildman–Crippen LogP) is 2.12. The normalized spacial score (nSPS) is 19.2. The third-order valence-corrected chi connectivity index (χ3v) is 4.96. The Morgan fingerprint density at radius 2 is 2.00 bits per heavy atom. The SMILES string of the molecule is CC(C)NC(=NCC(=O)N(C)C)N1CCSC(C(C)C)C1.I. The van der Waals surface area contributed by atoms with Crippen molar-refractivity contribution in [2.45, 2.75) is 39.0 Å². The molecule has 0 radical (unpaired) electrons. The van der Waals surface area contributed by atoms with E-state index in [0.29, 0.717) is 17.2 Å². The van der Waals surface area contributed by atoms with Gasteiger partial charge in [-0.3, -0.25) is 4.79 Å². The van der Waals surface area contributed by atoms with Gasteiger partial charge in [0.1, 0.15) is 6.54 Å². The van der Waals surface area contributed by atoms with Gasteiger partial charge < -0.3 is 15.1 Å². The van der Waals surface area contributed by atoms with Gasteiger partial charge in [0.2, 0.25) is 5.91 Å². The van der Waals surface area contributed by atoms with E-state index in [2.05, 4.69) is 42.9 Å². The topological polar surface area (TPSA) is 47.9 Å². The number of rotatable bonds is 4. The Labute approximate surface area is 156 Å².